The summed E-state index contributed by atoms with van der Waals surface area (Å²) in [6, 6.07) is 2.10. The SMILES string of the molecule is Cc1cnc(C(=O)N2CCC3(CC(Oc4ncccn4)CO3)C2)cn1. The van der Waals surface area contributed by atoms with Crippen LogP contribution in [0.25, 0.3) is 0 Å². The van der Waals surface area contributed by atoms with Crippen molar-refractivity contribution in [2.24, 2.45) is 0 Å². The summed E-state index contributed by atoms with van der Waals surface area (Å²) >= 11 is 0. The van der Waals surface area contributed by atoms with Crippen molar-refractivity contribution in [2.45, 2.75) is 31.5 Å². The number of carbonyl (C=O) groups excluding carboxylic acids is 1. The first-order chi connectivity index (χ1) is 12.1. The number of aromatic nitrogens is 4. The van der Waals surface area contributed by atoms with Crippen LogP contribution in [0.5, 0.6) is 6.01 Å². The Balaban J connectivity index is 1.38. The molecule has 8 nitrogen and oxygen atoms in total. The smallest absolute Gasteiger partial charge is 0.316 e. The number of hydrogen-bond donors (Lipinski definition) is 0. The Morgan fingerprint density at radius 2 is 2.12 bits per heavy atom. The summed E-state index contributed by atoms with van der Waals surface area (Å²) in [4.78, 5) is 30.8. The molecule has 0 aromatic carbocycles. The number of aryl methyl sites for hydroxylation is 1. The van der Waals surface area contributed by atoms with Gasteiger partial charge in [0.05, 0.1) is 30.6 Å². The Morgan fingerprint density at radius 3 is 2.88 bits per heavy atom. The maximum atomic E-state index is 12.6. The van der Waals surface area contributed by atoms with Crippen LogP contribution in [0.3, 0.4) is 0 Å². The van der Waals surface area contributed by atoms with Gasteiger partial charge in [-0.1, -0.05) is 0 Å². The van der Waals surface area contributed by atoms with E-state index in [-0.39, 0.29) is 17.6 Å². The fourth-order valence-corrected chi connectivity index (χ4v) is 3.34. The van der Waals surface area contributed by atoms with Crippen molar-refractivity contribution in [3.63, 3.8) is 0 Å². The number of hydrogen-bond acceptors (Lipinski definition) is 7. The molecule has 2 aliphatic rings. The standard InChI is InChI=1S/C17H19N5O3/c1-12-8-21-14(9-20-12)15(23)22-6-3-17(11-22)7-13(10-24-17)25-16-18-4-2-5-19-16/h2,4-5,8-9,13H,3,6-7,10-11H2,1H3. The number of rotatable bonds is 3. The van der Waals surface area contributed by atoms with Gasteiger partial charge in [-0.25, -0.2) is 15.0 Å². The molecule has 1 amide bonds. The van der Waals surface area contributed by atoms with Gasteiger partial charge in [-0.2, -0.15) is 0 Å². The van der Waals surface area contributed by atoms with Gasteiger partial charge in [0, 0.05) is 31.6 Å². The second-order valence-corrected chi connectivity index (χ2v) is 6.49. The van der Waals surface area contributed by atoms with Crippen molar-refractivity contribution in [1.82, 2.24) is 24.8 Å². The molecule has 2 aromatic rings. The average molecular weight is 341 g/mol. The second-order valence-electron chi connectivity index (χ2n) is 6.49. The average Bonchev–Trinajstić information content (AvgIpc) is 3.23. The van der Waals surface area contributed by atoms with E-state index in [1.54, 1.807) is 29.6 Å². The minimum atomic E-state index is -0.354. The molecule has 2 saturated heterocycles. The molecule has 2 atom stereocenters. The van der Waals surface area contributed by atoms with E-state index in [0.29, 0.717) is 37.8 Å². The Labute approximate surface area is 145 Å². The first kappa shape index (κ1) is 15.9. The third-order valence-corrected chi connectivity index (χ3v) is 4.59. The van der Waals surface area contributed by atoms with E-state index in [1.165, 1.54) is 6.20 Å². The zero-order valence-corrected chi connectivity index (χ0v) is 14.0. The van der Waals surface area contributed by atoms with Gasteiger partial charge < -0.3 is 14.4 Å². The van der Waals surface area contributed by atoms with Gasteiger partial charge in [0.25, 0.3) is 5.91 Å². The van der Waals surface area contributed by atoms with E-state index in [1.807, 2.05) is 6.92 Å². The fraction of sp³-hybridized carbons (Fsp3) is 0.471. The lowest BCUT2D eigenvalue weighted by atomic mass is 9.98. The van der Waals surface area contributed by atoms with E-state index in [9.17, 15) is 4.79 Å². The minimum Gasteiger partial charge on any atom is -0.458 e. The molecule has 4 heterocycles. The van der Waals surface area contributed by atoms with E-state index in [0.717, 1.165) is 12.1 Å². The summed E-state index contributed by atoms with van der Waals surface area (Å²) in [5.74, 6) is -0.108. The third-order valence-electron chi connectivity index (χ3n) is 4.59. The van der Waals surface area contributed by atoms with Gasteiger partial charge >= 0.3 is 6.01 Å². The molecule has 2 fully saturated rings. The van der Waals surface area contributed by atoms with E-state index < -0.39 is 0 Å². The summed E-state index contributed by atoms with van der Waals surface area (Å²) in [7, 11) is 0. The van der Waals surface area contributed by atoms with Crippen LogP contribution in [0.1, 0.15) is 29.0 Å². The lowest BCUT2D eigenvalue weighted by Crippen LogP contribution is -2.36. The van der Waals surface area contributed by atoms with Gasteiger partial charge in [-0.3, -0.25) is 9.78 Å². The molecule has 0 aliphatic carbocycles. The normalized spacial score (nSPS) is 25.5. The molecule has 1 spiro atoms. The van der Waals surface area contributed by atoms with Gasteiger partial charge in [0.2, 0.25) is 0 Å². The maximum Gasteiger partial charge on any atom is 0.316 e. The summed E-state index contributed by atoms with van der Waals surface area (Å²) in [6.07, 6.45) is 7.82. The van der Waals surface area contributed by atoms with Gasteiger partial charge in [0.15, 0.2) is 0 Å². The van der Waals surface area contributed by atoms with Crippen LogP contribution >= 0.6 is 0 Å². The van der Waals surface area contributed by atoms with E-state index in [2.05, 4.69) is 19.9 Å². The first-order valence-electron chi connectivity index (χ1n) is 8.29. The molecule has 0 radical (unpaired) electrons. The molecule has 130 valence electrons. The molecule has 8 heteroatoms. The summed E-state index contributed by atoms with van der Waals surface area (Å²) in [6.45, 7) is 3.50. The Kier molecular flexibility index (Phi) is 4.04. The maximum absolute atomic E-state index is 12.6. The molecular weight excluding hydrogens is 322 g/mol. The molecule has 4 rings (SSSR count). The molecule has 2 unspecified atom stereocenters. The summed E-state index contributed by atoms with van der Waals surface area (Å²) in [5.41, 5.74) is 0.801. The van der Waals surface area contributed by atoms with Crippen molar-refractivity contribution < 1.29 is 14.3 Å². The highest BCUT2D eigenvalue weighted by Crippen LogP contribution is 2.36. The molecular formula is C17H19N5O3. The van der Waals surface area contributed by atoms with Crippen LogP contribution in [0.2, 0.25) is 0 Å². The summed E-state index contributed by atoms with van der Waals surface area (Å²) in [5, 5.41) is 0. The highest BCUT2D eigenvalue weighted by molar-refractivity contribution is 5.92. The lowest BCUT2D eigenvalue weighted by Gasteiger charge is -2.23. The summed E-state index contributed by atoms with van der Waals surface area (Å²) < 4.78 is 11.8. The Hall–Kier alpha value is -2.61. The number of likely N-dealkylation sites (tertiary alicyclic amines) is 1. The van der Waals surface area contributed by atoms with Crippen molar-refractivity contribution in [2.75, 3.05) is 19.7 Å². The van der Waals surface area contributed by atoms with Gasteiger partial charge in [-0.05, 0) is 19.4 Å². The van der Waals surface area contributed by atoms with Crippen molar-refractivity contribution >= 4 is 5.91 Å². The highest BCUT2D eigenvalue weighted by Gasteiger charge is 2.48. The van der Waals surface area contributed by atoms with Gasteiger partial charge in [-0.15, -0.1) is 0 Å². The number of nitrogens with zero attached hydrogens (tertiary/aromatic N) is 5. The number of carbonyl (C=O) groups is 1. The third kappa shape index (κ3) is 3.30. The predicted molar refractivity (Wildman–Crippen MR) is 87.0 cm³/mol. The van der Waals surface area contributed by atoms with Crippen molar-refractivity contribution in [1.29, 1.82) is 0 Å². The van der Waals surface area contributed by atoms with Crippen molar-refractivity contribution in [3.8, 4) is 6.01 Å². The molecule has 25 heavy (non-hydrogen) atoms. The zero-order chi connectivity index (χ0) is 17.3. The van der Waals surface area contributed by atoms with E-state index in [4.69, 9.17) is 9.47 Å². The van der Waals surface area contributed by atoms with Crippen LogP contribution in [0, 0.1) is 6.92 Å². The zero-order valence-electron chi connectivity index (χ0n) is 14.0. The lowest BCUT2D eigenvalue weighted by molar-refractivity contribution is 0.00967. The molecule has 2 aliphatic heterocycles. The molecule has 0 N–H and O–H groups in total. The quantitative estimate of drug-likeness (QED) is 0.823. The fourth-order valence-electron chi connectivity index (χ4n) is 3.34. The van der Waals surface area contributed by atoms with Crippen LogP contribution < -0.4 is 4.74 Å². The number of ether oxygens (including phenoxy) is 2. The molecule has 2 aromatic heterocycles. The predicted octanol–water partition coefficient (Wildman–Crippen LogP) is 1.03. The number of amides is 1. The largest absolute Gasteiger partial charge is 0.458 e. The highest BCUT2D eigenvalue weighted by atomic mass is 16.6. The molecule has 0 saturated carbocycles. The van der Waals surface area contributed by atoms with Crippen LogP contribution in [0.4, 0.5) is 0 Å². The van der Waals surface area contributed by atoms with Crippen LogP contribution in [-0.2, 0) is 4.74 Å². The Morgan fingerprint density at radius 1 is 1.28 bits per heavy atom. The first-order valence-corrected chi connectivity index (χ1v) is 8.29. The van der Waals surface area contributed by atoms with Crippen LogP contribution in [0.15, 0.2) is 30.9 Å². The van der Waals surface area contributed by atoms with Crippen molar-refractivity contribution in [3.05, 3.63) is 42.2 Å². The van der Waals surface area contributed by atoms with Gasteiger partial charge in [0.1, 0.15) is 11.8 Å². The topological polar surface area (TPSA) is 90.3 Å². The minimum absolute atomic E-state index is 0.100. The second kappa shape index (κ2) is 6.36. The van der Waals surface area contributed by atoms with Crippen LogP contribution in [-0.4, -0.2) is 62.1 Å². The van der Waals surface area contributed by atoms with E-state index >= 15 is 0 Å². The monoisotopic (exact) mass is 341 g/mol. The molecule has 0 bridgehead atoms. The Bertz CT molecular complexity index is 755.